The first-order valence-corrected chi connectivity index (χ1v) is 8.78. The lowest BCUT2D eigenvalue weighted by Gasteiger charge is -2.11. The highest BCUT2D eigenvalue weighted by Gasteiger charge is 2.20. The van der Waals surface area contributed by atoms with E-state index < -0.39 is 11.8 Å². The molecule has 0 bridgehead atoms. The zero-order chi connectivity index (χ0) is 18.8. The minimum atomic E-state index is -0.512. The summed E-state index contributed by atoms with van der Waals surface area (Å²) in [6.07, 6.45) is 0. The third-order valence-corrected chi connectivity index (χ3v) is 5.00. The lowest BCUT2D eigenvalue weighted by molar-refractivity contribution is 0.0840. The van der Waals surface area contributed by atoms with E-state index in [9.17, 15) is 9.59 Å². The maximum atomic E-state index is 12.6. The lowest BCUT2D eigenvalue weighted by Crippen LogP contribution is -2.42. The summed E-state index contributed by atoms with van der Waals surface area (Å²) >= 11 is 9.35. The monoisotopic (exact) mass is 435 g/mol. The molecule has 0 spiro atoms. The summed E-state index contributed by atoms with van der Waals surface area (Å²) in [4.78, 5) is 24.9. The number of hydrazine groups is 1. The van der Waals surface area contributed by atoms with Crippen molar-refractivity contribution in [1.29, 1.82) is 0 Å². The van der Waals surface area contributed by atoms with Crippen LogP contribution in [0.3, 0.4) is 0 Å². The van der Waals surface area contributed by atoms with Gasteiger partial charge in [-0.15, -0.1) is 0 Å². The van der Waals surface area contributed by atoms with E-state index in [0.717, 1.165) is 10.9 Å². The molecule has 1 heterocycles. The molecule has 2 aromatic carbocycles. The van der Waals surface area contributed by atoms with Gasteiger partial charge in [0.1, 0.15) is 11.4 Å². The van der Waals surface area contributed by atoms with Gasteiger partial charge >= 0.3 is 0 Å². The molecule has 0 aliphatic heterocycles. The number of ether oxygens (including phenoxy) is 1. The van der Waals surface area contributed by atoms with Crippen LogP contribution in [0, 0.1) is 0 Å². The Labute approximate surface area is 163 Å². The maximum absolute atomic E-state index is 12.6. The molecule has 0 radical (unpaired) electrons. The van der Waals surface area contributed by atoms with Crippen LogP contribution in [0.5, 0.6) is 5.75 Å². The van der Waals surface area contributed by atoms with Crippen LogP contribution in [0.1, 0.15) is 20.8 Å². The van der Waals surface area contributed by atoms with Crippen molar-refractivity contribution in [3.05, 3.63) is 63.2 Å². The summed E-state index contributed by atoms with van der Waals surface area (Å²) in [6, 6.07) is 12.2. The summed E-state index contributed by atoms with van der Waals surface area (Å²) in [6.45, 7) is 0. The smallest absolute Gasteiger partial charge is 0.287 e. The van der Waals surface area contributed by atoms with E-state index in [-0.39, 0.29) is 5.56 Å². The SMILES string of the molecule is COc1cc(Cl)ccc1C(=O)NNC(=O)c1c(Br)c2ccccc2n1C. The fourth-order valence-corrected chi connectivity index (χ4v) is 3.64. The largest absolute Gasteiger partial charge is 0.496 e. The second-order valence-electron chi connectivity index (χ2n) is 5.49. The number of amides is 2. The predicted molar refractivity (Wildman–Crippen MR) is 104 cm³/mol. The van der Waals surface area contributed by atoms with Gasteiger partial charge in [0.05, 0.1) is 17.1 Å². The number of rotatable bonds is 3. The van der Waals surface area contributed by atoms with Gasteiger partial charge in [0, 0.05) is 23.0 Å². The number of carbonyl (C=O) groups excluding carboxylic acids is 2. The van der Waals surface area contributed by atoms with Gasteiger partial charge in [0.15, 0.2) is 0 Å². The van der Waals surface area contributed by atoms with Gasteiger partial charge in [-0.25, -0.2) is 0 Å². The van der Waals surface area contributed by atoms with Crippen LogP contribution in [-0.4, -0.2) is 23.5 Å². The molecule has 3 aromatic rings. The van der Waals surface area contributed by atoms with Crippen LogP contribution in [0.2, 0.25) is 5.02 Å². The molecule has 2 amide bonds. The Bertz CT molecular complexity index is 977. The molecule has 0 saturated heterocycles. The van der Waals surface area contributed by atoms with E-state index in [1.54, 1.807) is 17.7 Å². The van der Waals surface area contributed by atoms with Crippen LogP contribution in [0.25, 0.3) is 10.9 Å². The number of hydrogen-bond donors (Lipinski definition) is 2. The van der Waals surface area contributed by atoms with Crippen molar-refractivity contribution in [3.63, 3.8) is 0 Å². The minimum Gasteiger partial charge on any atom is -0.496 e. The number of halogens is 2. The summed E-state index contributed by atoms with van der Waals surface area (Å²) in [5.41, 5.74) is 6.38. The number of methoxy groups -OCH3 is 1. The zero-order valence-corrected chi connectivity index (χ0v) is 16.3. The number of benzene rings is 2. The van der Waals surface area contributed by atoms with E-state index >= 15 is 0 Å². The molecular weight excluding hydrogens is 422 g/mol. The van der Waals surface area contributed by atoms with Crippen LogP contribution in [-0.2, 0) is 7.05 Å². The van der Waals surface area contributed by atoms with E-state index in [1.807, 2.05) is 24.3 Å². The molecule has 0 unspecified atom stereocenters. The molecule has 2 N–H and O–H groups in total. The van der Waals surface area contributed by atoms with Crippen molar-refractivity contribution >= 4 is 50.2 Å². The Hall–Kier alpha value is -2.51. The summed E-state index contributed by atoms with van der Waals surface area (Å²) < 4.78 is 7.56. The standard InChI is InChI=1S/C18H15BrClN3O3/c1-23-13-6-4-3-5-11(13)15(19)16(23)18(25)22-21-17(24)12-8-7-10(20)9-14(12)26-2/h3-9H,1-2H3,(H,21,24)(H,22,25). The molecule has 0 aliphatic carbocycles. The first-order valence-electron chi connectivity index (χ1n) is 7.61. The fraction of sp³-hybridized carbons (Fsp3) is 0.111. The molecule has 0 saturated carbocycles. The molecule has 0 atom stereocenters. The maximum Gasteiger partial charge on any atom is 0.287 e. The van der Waals surface area contributed by atoms with E-state index in [1.165, 1.54) is 19.2 Å². The normalized spacial score (nSPS) is 10.6. The summed E-state index contributed by atoms with van der Waals surface area (Å²) in [5.74, 6) is -0.645. The van der Waals surface area contributed by atoms with E-state index in [2.05, 4.69) is 26.8 Å². The van der Waals surface area contributed by atoms with Crippen molar-refractivity contribution in [3.8, 4) is 5.75 Å². The summed E-state index contributed by atoms with van der Waals surface area (Å²) in [5, 5.41) is 1.35. The van der Waals surface area contributed by atoms with Gasteiger partial charge in [-0.1, -0.05) is 29.8 Å². The highest BCUT2D eigenvalue weighted by molar-refractivity contribution is 9.10. The van der Waals surface area contributed by atoms with Gasteiger partial charge in [0.2, 0.25) is 0 Å². The van der Waals surface area contributed by atoms with Crippen molar-refractivity contribution in [2.24, 2.45) is 7.05 Å². The Kier molecular flexibility index (Phi) is 5.20. The molecule has 3 rings (SSSR count). The van der Waals surface area contributed by atoms with Crippen molar-refractivity contribution < 1.29 is 14.3 Å². The number of carbonyl (C=O) groups is 2. The zero-order valence-electron chi connectivity index (χ0n) is 14.0. The Morgan fingerprint density at radius 3 is 2.50 bits per heavy atom. The average Bonchev–Trinajstić information content (AvgIpc) is 2.90. The number of nitrogens with one attached hydrogen (secondary N) is 2. The van der Waals surface area contributed by atoms with Crippen LogP contribution < -0.4 is 15.6 Å². The number of nitrogens with zero attached hydrogens (tertiary/aromatic N) is 1. The number of hydrogen-bond acceptors (Lipinski definition) is 3. The molecule has 26 heavy (non-hydrogen) atoms. The molecule has 6 nitrogen and oxygen atoms in total. The second-order valence-corrected chi connectivity index (χ2v) is 6.72. The Balaban J connectivity index is 1.81. The predicted octanol–water partition coefficient (Wildman–Crippen LogP) is 3.68. The van der Waals surface area contributed by atoms with Gasteiger partial charge in [-0.2, -0.15) is 0 Å². The van der Waals surface area contributed by atoms with Crippen LogP contribution in [0.15, 0.2) is 46.9 Å². The molecule has 1 aromatic heterocycles. The molecule has 0 fully saturated rings. The third-order valence-electron chi connectivity index (χ3n) is 3.96. The quantitative estimate of drug-likeness (QED) is 0.615. The first kappa shape index (κ1) is 18.3. The fourth-order valence-electron chi connectivity index (χ4n) is 2.69. The lowest BCUT2D eigenvalue weighted by atomic mass is 10.2. The first-order chi connectivity index (χ1) is 12.4. The topological polar surface area (TPSA) is 72.4 Å². The second kappa shape index (κ2) is 7.39. The van der Waals surface area contributed by atoms with Crippen molar-refractivity contribution in [2.75, 3.05) is 7.11 Å². The molecule has 8 heteroatoms. The molecule has 134 valence electrons. The van der Waals surface area contributed by atoms with E-state index in [4.69, 9.17) is 16.3 Å². The molecule has 0 aliphatic rings. The highest BCUT2D eigenvalue weighted by Crippen LogP contribution is 2.30. The highest BCUT2D eigenvalue weighted by atomic mass is 79.9. The van der Waals surface area contributed by atoms with Gasteiger partial charge in [-0.3, -0.25) is 20.4 Å². The Morgan fingerprint density at radius 1 is 1.12 bits per heavy atom. The summed E-state index contributed by atoms with van der Waals surface area (Å²) in [7, 11) is 3.22. The minimum absolute atomic E-state index is 0.258. The number of para-hydroxylation sites is 1. The van der Waals surface area contributed by atoms with E-state index in [0.29, 0.717) is 20.9 Å². The Morgan fingerprint density at radius 2 is 1.81 bits per heavy atom. The van der Waals surface area contributed by atoms with Crippen molar-refractivity contribution in [1.82, 2.24) is 15.4 Å². The van der Waals surface area contributed by atoms with Gasteiger partial charge in [-0.05, 0) is 40.2 Å². The van der Waals surface area contributed by atoms with Crippen molar-refractivity contribution in [2.45, 2.75) is 0 Å². The molecular formula is C18H15BrClN3O3. The van der Waals surface area contributed by atoms with Crippen LogP contribution >= 0.6 is 27.5 Å². The number of fused-ring (bicyclic) bond motifs is 1. The third kappa shape index (κ3) is 3.27. The number of aromatic nitrogens is 1. The van der Waals surface area contributed by atoms with Gasteiger partial charge in [0.25, 0.3) is 11.8 Å². The number of aryl methyl sites for hydroxylation is 1. The van der Waals surface area contributed by atoms with Gasteiger partial charge < -0.3 is 9.30 Å². The van der Waals surface area contributed by atoms with Crippen LogP contribution in [0.4, 0.5) is 0 Å². The average molecular weight is 437 g/mol.